The van der Waals surface area contributed by atoms with Crippen molar-refractivity contribution in [3.05, 3.63) is 84.0 Å². The van der Waals surface area contributed by atoms with Crippen LogP contribution in [-0.4, -0.2) is 37.0 Å². The van der Waals surface area contributed by atoms with Crippen LogP contribution in [-0.2, 0) is 14.4 Å². The average molecular weight is 475 g/mol. The molecule has 1 unspecified atom stereocenters. The van der Waals surface area contributed by atoms with Crippen molar-refractivity contribution in [3.63, 3.8) is 0 Å². The summed E-state index contributed by atoms with van der Waals surface area (Å²) in [6.07, 6.45) is 7.83. The van der Waals surface area contributed by atoms with E-state index < -0.39 is 11.9 Å². The second-order valence-electron chi connectivity index (χ2n) is 7.81. The molecule has 1 aliphatic rings. The first-order chi connectivity index (χ1) is 16.8. The van der Waals surface area contributed by atoms with Gasteiger partial charge in [0.2, 0.25) is 0 Å². The van der Waals surface area contributed by atoms with Crippen LogP contribution in [0.25, 0.3) is 17.7 Å². The third-order valence-electron chi connectivity index (χ3n) is 5.63. The van der Waals surface area contributed by atoms with Gasteiger partial charge in [0.15, 0.2) is 5.78 Å². The highest BCUT2D eigenvalue weighted by molar-refractivity contribution is 6.15. The van der Waals surface area contributed by atoms with Crippen molar-refractivity contribution in [2.24, 2.45) is 5.92 Å². The van der Waals surface area contributed by atoms with Crippen LogP contribution >= 0.6 is 0 Å². The molecule has 1 N–H and O–H groups in total. The molecule has 7 heteroatoms. The Balaban J connectivity index is 1.77. The lowest BCUT2D eigenvalue weighted by molar-refractivity contribution is -0.130. The van der Waals surface area contributed by atoms with E-state index in [2.05, 4.69) is 13.2 Å². The summed E-state index contributed by atoms with van der Waals surface area (Å²) in [5, 5.41) is 9.18. The number of allylic oxidation sites excluding steroid dienone is 2. The average Bonchev–Trinajstić information content (AvgIpc) is 3.21. The van der Waals surface area contributed by atoms with Gasteiger partial charge in [-0.3, -0.25) is 4.79 Å². The minimum absolute atomic E-state index is 0.0216. The highest BCUT2D eigenvalue weighted by atomic mass is 16.5. The molecule has 2 aromatic rings. The number of hydrogen-bond donors (Lipinski definition) is 1. The van der Waals surface area contributed by atoms with Gasteiger partial charge in [0, 0.05) is 29.2 Å². The van der Waals surface area contributed by atoms with E-state index in [9.17, 15) is 19.5 Å². The Bertz CT molecular complexity index is 1250. The van der Waals surface area contributed by atoms with Crippen LogP contribution in [0.1, 0.15) is 29.5 Å². The second-order valence-corrected chi connectivity index (χ2v) is 7.81. The van der Waals surface area contributed by atoms with Gasteiger partial charge in [-0.1, -0.05) is 31.4 Å². The standard InChI is InChI=1S/C28H26O7/c1-5-26(29)35-22-12-11-20(24(16-22)33-3)15-21-10-9-19(27(21)30)8-6-18-7-13-23(17(2)28(31)32)25(14-18)34-4/h5-8,11-16,19H,1-2,9-10H2,3-4H3,(H,31,32)/b8-6+,21-15?. The predicted molar refractivity (Wildman–Crippen MR) is 133 cm³/mol. The highest BCUT2D eigenvalue weighted by Crippen LogP contribution is 2.34. The third-order valence-corrected chi connectivity index (χ3v) is 5.63. The molecule has 180 valence electrons. The molecule has 0 aliphatic heterocycles. The van der Waals surface area contributed by atoms with Gasteiger partial charge in [-0.05, 0) is 54.3 Å². The molecule has 1 saturated carbocycles. The van der Waals surface area contributed by atoms with Crippen LogP contribution in [0.3, 0.4) is 0 Å². The largest absolute Gasteiger partial charge is 0.496 e. The number of aliphatic carboxylic acids is 1. The normalized spacial score (nSPS) is 16.3. The minimum Gasteiger partial charge on any atom is -0.496 e. The fourth-order valence-electron chi connectivity index (χ4n) is 3.75. The summed E-state index contributed by atoms with van der Waals surface area (Å²) in [7, 11) is 2.97. The summed E-state index contributed by atoms with van der Waals surface area (Å²) in [6, 6.07) is 10.0. The van der Waals surface area contributed by atoms with E-state index in [-0.39, 0.29) is 17.3 Å². The summed E-state index contributed by atoms with van der Waals surface area (Å²) in [4.78, 5) is 35.6. The summed E-state index contributed by atoms with van der Waals surface area (Å²) in [5.41, 5.74) is 2.51. The van der Waals surface area contributed by atoms with Gasteiger partial charge in [0.05, 0.1) is 19.8 Å². The van der Waals surface area contributed by atoms with Crippen molar-refractivity contribution in [2.75, 3.05) is 14.2 Å². The fourth-order valence-corrected chi connectivity index (χ4v) is 3.75. The number of Topliss-reactive ketones (excluding diaryl/α,β-unsaturated/α-hetero) is 1. The molecule has 1 aliphatic carbocycles. The Kier molecular flexibility index (Phi) is 8.04. The van der Waals surface area contributed by atoms with E-state index in [0.717, 1.165) is 11.6 Å². The maximum Gasteiger partial charge on any atom is 0.335 e. The number of benzene rings is 2. The molecule has 1 atom stereocenters. The first kappa shape index (κ1) is 25.2. The maximum absolute atomic E-state index is 13.0. The number of ketones is 1. The Morgan fingerprint density at radius 2 is 1.83 bits per heavy atom. The zero-order valence-electron chi connectivity index (χ0n) is 19.6. The Hall–Kier alpha value is -4.39. The van der Waals surface area contributed by atoms with Crippen LogP contribution < -0.4 is 14.2 Å². The number of carboxylic acids is 1. The molecular weight excluding hydrogens is 448 g/mol. The van der Waals surface area contributed by atoms with E-state index in [1.54, 1.807) is 42.5 Å². The second kappa shape index (κ2) is 11.2. The number of carbonyl (C=O) groups is 3. The Morgan fingerprint density at radius 1 is 1.09 bits per heavy atom. The molecule has 0 spiro atoms. The number of methoxy groups -OCH3 is 2. The SMILES string of the molecule is C=CC(=O)Oc1ccc(C=C2CCC(/C=C/c3ccc(C(=C)C(=O)O)c(OC)c3)C2=O)c(OC)c1. The molecule has 0 radical (unpaired) electrons. The molecule has 0 aromatic heterocycles. The molecule has 3 rings (SSSR count). The van der Waals surface area contributed by atoms with Crippen LogP contribution in [0.4, 0.5) is 0 Å². The summed E-state index contributed by atoms with van der Waals surface area (Å²) < 4.78 is 15.8. The zero-order chi connectivity index (χ0) is 25.5. The molecule has 2 aromatic carbocycles. The van der Waals surface area contributed by atoms with Crippen LogP contribution in [0.5, 0.6) is 17.2 Å². The van der Waals surface area contributed by atoms with Crippen molar-refractivity contribution in [1.82, 2.24) is 0 Å². The molecule has 0 bridgehead atoms. The molecule has 0 amide bonds. The van der Waals surface area contributed by atoms with Gasteiger partial charge in [0.1, 0.15) is 17.2 Å². The molecule has 0 saturated heterocycles. The van der Waals surface area contributed by atoms with Crippen molar-refractivity contribution >= 4 is 35.4 Å². The van der Waals surface area contributed by atoms with Crippen molar-refractivity contribution in [3.8, 4) is 17.2 Å². The molecule has 35 heavy (non-hydrogen) atoms. The molecule has 0 heterocycles. The quantitative estimate of drug-likeness (QED) is 0.311. The number of hydrogen-bond acceptors (Lipinski definition) is 6. The van der Waals surface area contributed by atoms with Crippen molar-refractivity contribution in [1.29, 1.82) is 0 Å². The van der Waals surface area contributed by atoms with E-state index in [1.807, 2.05) is 12.2 Å². The first-order valence-corrected chi connectivity index (χ1v) is 10.8. The first-order valence-electron chi connectivity index (χ1n) is 10.8. The van der Waals surface area contributed by atoms with Crippen LogP contribution in [0, 0.1) is 5.92 Å². The summed E-state index contributed by atoms with van der Waals surface area (Å²) in [6.45, 7) is 6.95. The smallest absolute Gasteiger partial charge is 0.335 e. The molecular formula is C28H26O7. The van der Waals surface area contributed by atoms with E-state index in [1.165, 1.54) is 14.2 Å². The number of rotatable bonds is 9. The number of carbonyl (C=O) groups excluding carboxylic acids is 2. The molecule has 1 fully saturated rings. The minimum atomic E-state index is -1.12. The van der Waals surface area contributed by atoms with Crippen LogP contribution in [0.2, 0.25) is 0 Å². The molecule has 7 nitrogen and oxygen atoms in total. The van der Waals surface area contributed by atoms with Gasteiger partial charge >= 0.3 is 11.9 Å². The number of carboxylic acid groups (broad SMARTS) is 1. The van der Waals surface area contributed by atoms with Gasteiger partial charge in [-0.2, -0.15) is 0 Å². The van der Waals surface area contributed by atoms with Gasteiger partial charge in [-0.25, -0.2) is 9.59 Å². The zero-order valence-corrected chi connectivity index (χ0v) is 19.6. The van der Waals surface area contributed by atoms with Gasteiger partial charge in [-0.15, -0.1) is 0 Å². The van der Waals surface area contributed by atoms with Gasteiger partial charge in [0.25, 0.3) is 0 Å². The monoisotopic (exact) mass is 474 g/mol. The lowest BCUT2D eigenvalue weighted by Crippen LogP contribution is -2.05. The lowest BCUT2D eigenvalue weighted by atomic mass is 10.0. The topological polar surface area (TPSA) is 99.1 Å². The fraction of sp³-hybridized carbons (Fsp3) is 0.179. The van der Waals surface area contributed by atoms with Crippen molar-refractivity contribution in [2.45, 2.75) is 12.8 Å². The van der Waals surface area contributed by atoms with Crippen molar-refractivity contribution < 1.29 is 33.7 Å². The highest BCUT2D eigenvalue weighted by Gasteiger charge is 2.27. The van der Waals surface area contributed by atoms with E-state index >= 15 is 0 Å². The van der Waals surface area contributed by atoms with E-state index in [4.69, 9.17) is 14.2 Å². The summed E-state index contributed by atoms with van der Waals surface area (Å²) >= 11 is 0. The lowest BCUT2D eigenvalue weighted by Gasteiger charge is -2.09. The maximum atomic E-state index is 13.0. The number of esters is 1. The Morgan fingerprint density at radius 3 is 2.49 bits per heavy atom. The Labute approximate surface area is 203 Å². The summed E-state index contributed by atoms with van der Waals surface area (Å²) in [5.74, 6) is -0.751. The number of ether oxygens (including phenoxy) is 3. The third kappa shape index (κ3) is 5.95. The van der Waals surface area contributed by atoms with E-state index in [0.29, 0.717) is 46.8 Å². The van der Waals surface area contributed by atoms with Crippen LogP contribution in [0.15, 0.2) is 67.3 Å². The predicted octanol–water partition coefficient (Wildman–Crippen LogP) is 4.97. The van der Waals surface area contributed by atoms with Gasteiger partial charge < -0.3 is 19.3 Å².